The number of nitrogens with two attached hydrogens (primary N) is 1. The largest absolute Gasteiger partial charge is 0.461 e. The number of nitrogens with zero attached hydrogens (tertiary/aromatic N) is 4. The van der Waals surface area contributed by atoms with Crippen LogP contribution in [0.15, 0.2) is 35.4 Å². The lowest BCUT2D eigenvalue weighted by molar-refractivity contribution is -0.384. The van der Waals surface area contributed by atoms with Crippen LogP contribution in [0.4, 0.5) is 16.0 Å². The van der Waals surface area contributed by atoms with Crippen LogP contribution in [0, 0.1) is 10.1 Å². The fraction of sp³-hybridized carbons (Fsp3) is 0.600. The summed E-state index contributed by atoms with van der Waals surface area (Å²) in [6.07, 6.45) is 0.182. The minimum Gasteiger partial charge on any atom is -0.461 e. The molecule has 2 unspecified atom stereocenters. The first-order chi connectivity index (χ1) is 19.9. The molecule has 1 saturated carbocycles. The predicted molar refractivity (Wildman–Crippen MR) is 146 cm³/mol. The molecule has 1 aromatic carbocycles. The number of nitro groups is 1. The molecule has 1 aromatic heterocycles. The van der Waals surface area contributed by atoms with Gasteiger partial charge in [-0.2, -0.15) is 4.98 Å². The Labute approximate surface area is 240 Å². The molecule has 0 radical (unpaired) electrons. The second-order valence-corrected chi connectivity index (χ2v) is 12.0. The molecule has 3 N–H and O–H groups in total. The van der Waals surface area contributed by atoms with E-state index in [1.54, 1.807) is 6.92 Å². The molecule has 1 aliphatic carbocycles. The number of non-ortho nitro benzene ring substituents is 1. The molecule has 6 atom stereocenters. The molecular formula is C25H34FN6O9P. The van der Waals surface area contributed by atoms with Crippen LogP contribution in [0.25, 0.3) is 0 Å². The van der Waals surface area contributed by atoms with Crippen LogP contribution < -0.4 is 16.5 Å². The number of rotatable bonds is 12. The van der Waals surface area contributed by atoms with Gasteiger partial charge in [-0.1, -0.05) is 6.42 Å². The van der Waals surface area contributed by atoms with Gasteiger partial charge in [0.2, 0.25) is 5.95 Å². The van der Waals surface area contributed by atoms with Crippen LogP contribution in [0.2, 0.25) is 0 Å². The van der Waals surface area contributed by atoms with E-state index in [1.165, 1.54) is 31.2 Å². The molecule has 1 aliphatic heterocycles. The first kappa shape index (κ1) is 31.6. The first-order valence-electron chi connectivity index (χ1n) is 13.6. The van der Waals surface area contributed by atoms with E-state index in [2.05, 4.69) is 15.1 Å². The number of alkyl halides is 1. The number of carbonyl (C=O) groups is 1. The normalized spacial score (nSPS) is 24.0. The Balaban J connectivity index is 1.46. The zero-order valence-corrected chi connectivity index (χ0v) is 24.1. The average molecular weight is 613 g/mol. The van der Waals surface area contributed by atoms with Gasteiger partial charge in [0.15, 0.2) is 6.23 Å². The number of hydrogen-bond donors (Lipinski definition) is 2. The van der Waals surface area contributed by atoms with E-state index < -0.39 is 61.6 Å². The number of hydrogen-bond acceptors (Lipinski definition) is 12. The summed E-state index contributed by atoms with van der Waals surface area (Å²) in [5.41, 5.74) is 4.86. The molecule has 2 aromatic rings. The summed E-state index contributed by atoms with van der Waals surface area (Å²) in [4.78, 5) is 42.6. The standard InChI is InChI=1S/C25H34FN6O9P/c1-15(23(33)40-19-6-4-3-5-7-19)30-42(37,41-16(2)17-8-10-18(11-9-17)32(35)36)38-13-20-12-21(26)22(39-20)31-14-28-24(27)29-25(31)34/h8-11,14-16,19-22H,3-7,12-13H2,1-2H3,(H,30,37)(H2,27,29,34)/t15-,16?,20-,21-,22-,42?/m0/s1. The van der Waals surface area contributed by atoms with Crippen molar-refractivity contribution in [3.8, 4) is 0 Å². The molecular weight excluding hydrogens is 578 g/mol. The topological polar surface area (TPSA) is 200 Å². The van der Waals surface area contributed by atoms with E-state index in [4.69, 9.17) is 24.3 Å². The van der Waals surface area contributed by atoms with Crippen LogP contribution >= 0.6 is 7.75 Å². The SMILES string of the molecule is CC(OP(=O)(N[C@@H](C)C(=O)OC1CCCCC1)OC[C@@H]1C[C@H](F)[C@@H](n2cnc(N)nc2=O)O1)c1ccc([N+](=O)[O-])cc1. The van der Waals surface area contributed by atoms with Gasteiger partial charge in [-0.3, -0.25) is 28.5 Å². The van der Waals surface area contributed by atoms with Gasteiger partial charge in [0.05, 0.1) is 23.7 Å². The Kier molecular flexibility index (Phi) is 10.4. The monoisotopic (exact) mass is 612 g/mol. The fourth-order valence-corrected chi connectivity index (χ4v) is 6.41. The predicted octanol–water partition coefficient (Wildman–Crippen LogP) is 3.51. The average Bonchev–Trinajstić information content (AvgIpc) is 3.32. The van der Waals surface area contributed by atoms with Gasteiger partial charge in [-0.15, -0.1) is 0 Å². The van der Waals surface area contributed by atoms with Crippen LogP contribution in [0.1, 0.15) is 70.3 Å². The Morgan fingerprint density at radius 3 is 2.62 bits per heavy atom. The lowest BCUT2D eigenvalue weighted by atomic mass is 9.98. The maximum absolute atomic E-state index is 14.8. The smallest absolute Gasteiger partial charge is 0.406 e. The van der Waals surface area contributed by atoms with Crippen LogP contribution in [-0.4, -0.2) is 56.5 Å². The molecule has 2 aliphatic rings. The van der Waals surface area contributed by atoms with Crippen molar-refractivity contribution < 1.29 is 37.2 Å². The number of nitrogens with one attached hydrogen (secondary N) is 1. The quantitative estimate of drug-likeness (QED) is 0.153. The number of benzene rings is 1. The Bertz CT molecular complexity index is 1360. The van der Waals surface area contributed by atoms with Crippen LogP contribution in [-0.2, 0) is 27.9 Å². The Morgan fingerprint density at radius 1 is 1.29 bits per heavy atom. The highest BCUT2D eigenvalue weighted by atomic mass is 31.2. The summed E-state index contributed by atoms with van der Waals surface area (Å²) in [5, 5.41) is 13.6. The van der Waals surface area contributed by atoms with E-state index >= 15 is 0 Å². The number of halogens is 1. The molecule has 1 saturated heterocycles. The fourth-order valence-electron chi connectivity index (χ4n) is 4.74. The second-order valence-electron chi connectivity index (χ2n) is 10.2. The number of ether oxygens (including phenoxy) is 2. The van der Waals surface area contributed by atoms with Gasteiger partial charge in [-0.05, 0) is 57.2 Å². The minimum atomic E-state index is -4.31. The number of aromatic nitrogens is 3. The molecule has 0 spiro atoms. The molecule has 0 bridgehead atoms. The molecule has 17 heteroatoms. The number of nitro benzene ring substituents is 1. The van der Waals surface area contributed by atoms with Crippen molar-refractivity contribution in [3.05, 3.63) is 56.8 Å². The summed E-state index contributed by atoms with van der Waals surface area (Å²) >= 11 is 0. The Morgan fingerprint density at radius 2 is 1.98 bits per heavy atom. The summed E-state index contributed by atoms with van der Waals surface area (Å²) in [7, 11) is -4.31. The molecule has 2 heterocycles. The minimum absolute atomic E-state index is 0.137. The molecule has 42 heavy (non-hydrogen) atoms. The van der Waals surface area contributed by atoms with Crippen molar-refractivity contribution in [2.45, 2.75) is 89.1 Å². The van der Waals surface area contributed by atoms with Gasteiger partial charge < -0.3 is 15.2 Å². The maximum atomic E-state index is 14.8. The molecule has 2 fully saturated rings. The van der Waals surface area contributed by atoms with Crippen LogP contribution in [0.3, 0.4) is 0 Å². The highest BCUT2D eigenvalue weighted by molar-refractivity contribution is 7.51. The van der Waals surface area contributed by atoms with E-state index in [9.17, 15) is 28.7 Å². The molecule has 15 nitrogen and oxygen atoms in total. The van der Waals surface area contributed by atoms with Crippen LogP contribution in [0.5, 0.6) is 0 Å². The van der Waals surface area contributed by atoms with Gasteiger partial charge in [-0.25, -0.2) is 23.8 Å². The molecule has 230 valence electrons. The maximum Gasteiger partial charge on any atom is 0.406 e. The number of anilines is 1. The zero-order chi connectivity index (χ0) is 30.4. The highest BCUT2D eigenvalue weighted by Crippen LogP contribution is 2.49. The third-order valence-electron chi connectivity index (χ3n) is 6.99. The summed E-state index contributed by atoms with van der Waals surface area (Å²) in [5.74, 6) is -0.909. The first-order valence-corrected chi connectivity index (χ1v) is 15.1. The highest BCUT2D eigenvalue weighted by Gasteiger charge is 2.40. The summed E-state index contributed by atoms with van der Waals surface area (Å²) in [6, 6.07) is 4.33. The second kappa shape index (κ2) is 13.8. The zero-order valence-electron chi connectivity index (χ0n) is 23.2. The van der Waals surface area contributed by atoms with E-state index in [-0.39, 0.29) is 24.2 Å². The van der Waals surface area contributed by atoms with E-state index in [0.29, 0.717) is 5.56 Å². The van der Waals surface area contributed by atoms with Gasteiger partial charge >= 0.3 is 19.4 Å². The van der Waals surface area contributed by atoms with Crippen molar-refractivity contribution >= 4 is 25.4 Å². The molecule has 0 amide bonds. The lowest BCUT2D eigenvalue weighted by Gasteiger charge is -2.28. The van der Waals surface area contributed by atoms with E-state index in [1.807, 2.05) is 0 Å². The van der Waals surface area contributed by atoms with E-state index in [0.717, 1.165) is 43.0 Å². The van der Waals surface area contributed by atoms with Crippen molar-refractivity contribution in [2.24, 2.45) is 0 Å². The third kappa shape index (κ3) is 8.16. The van der Waals surface area contributed by atoms with Gasteiger partial charge in [0.1, 0.15) is 24.6 Å². The number of carbonyl (C=O) groups excluding carboxylic acids is 1. The van der Waals surface area contributed by atoms with Crippen molar-refractivity contribution in [1.82, 2.24) is 19.6 Å². The lowest BCUT2D eigenvalue weighted by Crippen LogP contribution is -2.37. The van der Waals surface area contributed by atoms with Gasteiger partial charge in [0.25, 0.3) is 5.69 Å². The number of nitrogen functional groups attached to an aromatic ring is 1. The molecule has 4 rings (SSSR count). The van der Waals surface area contributed by atoms with Gasteiger partial charge in [0, 0.05) is 18.6 Å². The third-order valence-corrected chi connectivity index (χ3v) is 8.78. The van der Waals surface area contributed by atoms with Crippen molar-refractivity contribution in [2.75, 3.05) is 12.3 Å². The number of esters is 1. The summed E-state index contributed by atoms with van der Waals surface area (Å²) in [6.45, 7) is 2.58. The summed E-state index contributed by atoms with van der Waals surface area (Å²) < 4.78 is 52.3. The Hall–Kier alpha value is -3.30. The van der Waals surface area contributed by atoms with Crippen molar-refractivity contribution in [3.63, 3.8) is 0 Å². The van der Waals surface area contributed by atoms with Crippen molar-refractivity contribution in [1.29, 1.82) is 0 Å².